The average molecular weight is 450 g/mol. The first-order chi connectivity index (χ1) is 13.0. The van der Waals surface area contributed by atoms with E-state index < -0.39 is 11.2 Å². The summed E-state index contributed by atoms with van der Waals surface area (Å²) in [5.41, 5.74) is 1.30. The van der Waals surface area contributed by atoms with Gasteiger partial charge in [-0.1, -0.05) is 15.9 Å². The number of rotatable bonds is 6. The maximum Gasteiger partial charge on any atom is 0.298 e. The molecule has 1 aromatic heterocycles. The van der Waals surface area contributed by atoms with Gasteiger partial charge in [-0.2, -0.15) is 0 Å². The number of carbonyl (C=O) groups excluding carboxylic acids is 1. The third-order valence-electron chi connectivity index (χ3n) is 3.66. The van der Waals surface area contributed by atoms with E-state index in [4.69, 9.17) is 9.26 Å². The summed E-state index contributed by atoms with van der Waals surface area (Å²) in [4.78, 5) is 12.4. The quantitative estimate of drug-likeness (QED) is 0.459. The van der Waals surface area contributed by atoms with E-state index in [9.17, 15) is 9.90 Å². The molecule has 1 atom stereocenters. The fraction of sp³-hybridized carbons (Fsp3) is 0.167. The number of nitrogens with zero attached hydrogens (tertiary/aromatic N) is 2. The molecule has 0 fully saturated rings. The zero-order valence-electron chi connectivity index (χ0n) is 14.5. The van der Waals surface area contributed by atoms with Gasteiger partial charge in [-0.3, -0.25) is 4.79 Å². The summed E-state index contributed by atoms with van der Waals surface area (Å²) >= 11 is 4.43. The van der Waals surface area contributed by atoms with Crippen molar-refractivity contribution in [2.45, 2.75) is 17.2 Å². The summed E-state index contributed by atoms with van der Waals surface area (Å²) in [5, 5.41) is 18.3. The smallest absolute Gasteiger partial charge is 0.298 e. The number of ether oxygens (including phenoxy) is 1. The summed E-state index contributed by atoms with van der Waals surface area (Å²) < 4.78 is 12.2. The van der Waals surface area contributed by atoms with Crippen molar-refractivity contribution in [3.63, 3.8) is 0 Å². The third kappa shape index (κ3) is 4.61. The number of hydrogen-bond acceptors (Lipinski definition) is 6. The molecular weight excluding hydrogens is 434 g/mol. The van der Waals surface area contributed by atoms with Crippen LogP contribution in [0.15, 0.2) is 62.6 Å². The summed E-state index contributed by atoms with van der Waals surface area (Å²) in [5.74, 6) is -0.148. The van der Waals surface area contributed by atoms with Crippen LogP contribution in [-0.4, -0.2) is 23.5 Å². The Morgan fingerprint density at radius 2 is 1.93 bits per heavy atom. The summed E-state index contributed by atoms with van der Waals surface area (Å²) in [6.45, 7) is 1.71. The second-order valence-corrected chi connectivity index (χ2v) is 7.78. The van der Waals surface area contributed by atoms with Crippen LogP contribution in [0.4, 0.5) is 5.69 Å². The topological polar surface area (TPSA) is 91.3 Å². The molecule has 7 nitrogen and oxygen atoms in total. The van der Waals surface area contributed by atoms with E-state index >= 15 is 0 Å². The van der Waals surface area contributed by atoms with Gasteiger partial charge in [0, 0.05) is 22.3 Å². The van der Waals surface area contributed by atoms with Crippen LogP contribution < -0.4 is 19.8 Å². The van der Waals surface area contributed by atoms with Crippen LogP contribution in [0.5, 0.6) is 11.7 Å². The van der Waals surface area contributed by atoms with E-state index in [-0.39, 0.29) is 10.9 Å². The fourth-order valence-corrected chi connectivity index (χ4v) is 3.36. The molecular formula is C18H16BrN3O4S. The molecule has 1 N–H and O–H groups in total. The molecule has 0 saturated heterocycles. The molecule has 0 aliphatic carbocycles. The van der Waals surface area contributed by atoms with Crippen molar-refractivity contribution < 1.29 is 23.8 Å². The second kappa shape index (κ2) is 8.45. The van der Waals surface area contributed by atoms with Gasteiger partial charge in [-0.15, -0.1) is 0 Å². The standard InChI is InChI=1S/C18H16BrN3O4S/c1-11(16(23)20-13-5-3-12(19)4-6-13)27-17-18(24)26-21-22(17)14-7-9-15(25-2)10-8-14/h3-11H,1-2H3,(H-,20,21,23,24). The molecule has 0 aliphatic rings. The first-order valence-electron chi connectivity index (χ1n) is 7.94. The van der Waals surface area contributed by atoms with Crippen molar-refractivity contribution in [1.82, 2.24) is 5.27 Å². The number of thioether (sulfide) groups is 1. The number of methoxy groups -OCH3 is 1. The maximum atomic E-state index is 12.4. The van der Waals surface area contributed by atoms with Crippen molar-refractivity contribution in [2.75, 3.05) is 12.4 Å². The third-order valence-corrected chi connectivity index (χ3v) is 5.32. The zero-order valence-corrected chi connectivity index (χ0v) is 16.9. The maximum absolute atomic E-state index is 12.4. The predicted molar refractivity (Wildman–Crippen MR) is 102 cm³/mol. The number of nitrogens with one attached hydrogen (secondary N) is 1. The molecule has 0 saturated carbocycles. The molecule has 0 aliphatic heterocycles. The first-order valence-corrected chi connectivity index (χ1v) is 9.61. The highest BCUT2D eigenvalue weighted by Crippen LogP contribution is 2.28. The van der Waals surface area contributed by atoms with E-state index in [1.54, 1.807) is 50.4 Å². The van der Waals surface area contributed by atoms with Gasteiger partial charge >= 0.3 is 0 Å². The Morgan fingerprint density at radius 1 is 1.26 bits per heavy atom. The normalized spacial score (nSPS) is 11.8. The van der Waals surface area contributed by atoms with Crippen molar-refractivity contribution in [3.8, 4) is 17.4 Å². The Kier molecular flexibility index (Phi) is 6.02. The SMILES string of the molecule is COc1ccc(-[n+]2noc([O-])c2SC(C)C(=O)Nc2ccc(Br)cc2)cc1. The summed E-state index contributed by atoms with van der Waals surface area (Å²) in [6, 6.07) is 14.2. The van der Waals surface area contributed by atoms with E-state index in [0.717, 1.165) is 16.2 Å². The van der Waals surface area contributed by atoms with Gasteiger partial charge in [0.2, 0.25) is 11.6 Å². The molecule has 140 valence electrons. The zero-order chi connectivity index (χ0) is 19.4. The lowest BCUT2D eigenvalue weighted by molar-refractivity contribution is -0.705. The van der Waals surface area contributed by atoms with Gasteiger partial charge in [0.05, 0.1) is 17.6 Å². The molecule has 0 radical (unpaired) electrons. The molecule has 1 unspecified atom stereocenters. The highest BCUT2D eigenvalue weighted by molar-refractivity contribution is 9.10. The number of aromatic nitrogens is 2. The van der Waals surface area contributed by atoms with Crippen LogP contribution in [0.1, 0.15) is 6.92 Å². The van der Waals surface area contributed by atoms with Crippen molar-refractivity contribution in [2.24, 2.45) is 0 Å². The van der Waals surface area contributed by atoms with Crippen molar-refractivity contribution in [3.05, 3.63) is 53.0 Å². The van der Waals surface area contributed by atoms with Gasteiger partial charge in [-0.25, -0.2) is 0 Å². The van der Waals surface area contributed by atoms with E-state index in [1.165, 1.54) is 4.68 Å². The monoisotopic (exact) mass is 449 g/mol. The Hall–Kier alpha value is -2.52. The van der Waals surface area contributed by atoms with E-state index in [1.807, 2.05) is 12.1 Å². The Balaban J connectivity index is 1.75. The molecule has 2 aromatic carbocycles. The second-order valence-electron chi connectivity index (χ2n) is 5.53. The minimum Gasteiger partial charge on any atom is -0.538 e. The number of hydrogen-bond donors (Lipinski definition) is 1. The number of halogens is 1. The molecule has 0 bridgehead atoms. The molecule has 3 aromatic rings. The van der Waals surface area contributed by atoms with Gasteiger partial charge in [0.25, 0.3) is 5.03 Å². The highest BCUT2D eigenvalue weighted by Gasteiger charge is 2.26. The van der Waals surface area contributed by atoms with Crippen molar-refractivity contribution in [1.29, 1.82) is 0 Å². The predicted octanol–water partition coefficient (Wildman–Crippen LogP) is 2.92. The van der Waals surface area contributed by atoms with Crippen LogP contribution >= 0.6 is 27.7 Å². The van der Waals surface area contributed by atoms with Crippen LogP contribution in [0.2, 0.25) is 0 Å². The largest absolute Gasteiger partial charge is 0.538 e. The molecule has 0 spiro atoms. The minimum absolute atomic E-state index is 0.221. The van der Waals surface area contributed by atoms with Crippen LogP contribution in [0, 0.1) is 0 Å². The Morgan fingerprint density at radius 3 is 2.56 bits per heavy atom. The summed E-state index contributed by atoms with van der Waals surface area (Å²) in [7, 11) is 1.57. The first kappa shape index (κ1) is 19.2. The molecule has 27 heavy (non-hydrogen) atoms. The average Bonchev–Trinajstić information content (AvgIpc) is 3.04. The van der Waals surface area contributed by atoms with Crippen molar-refractivity contribution >= 4 is 39.3 Å². The van der Waals surface area contributed by atoms with Crippen LogP contribution in [-0.2, 0) is 4.79 Å². The van der Waals surface area contributed by atoms with Gasteiger partial charge in [-0.05, 0) is 59.8 Å². The fourth-order valence-electron chi connectivity index (χ4n) is 2.22. The lowest BCUT2D eigenvalue weighted by Crippen LogP contribution is -2.36. The van der Waals surface area contributed by atoms with Crippen LogP contribution in [0.3, 0.4) is 0 Å². The highest BCUT2D eigenvalue weighted by atomic mass is 79.9. The minimum atomic E-state index is -0.598. The lowest BCUT2D eigenvalue weighted by atomic mass is 10.3. The Bertz CT molecular complexity index is 929. The number of benzene rings is 2. The molecule has 9 heteroatoms. The number of anilines is 1. The van der Waals surface area contributed by atoms with E-state index in [2.05, 4.69) is 26.5 Å². The van der Waals surface area contributed by atoms with Crippen LogP contribution in [0.25, 0.3) is 5.69 Å². The summed E-state index contributed by atoms with van der Waals surface area (Å²) in [6.07, 6.45) is 0. The molecule has 3 rings (SSSR count). The van der Waals surface area contributed by atoms with Gasteiger partial charge in [0.1, 0.15) is 5.75 Å². The molecule has 1 amide bonds. The number of carbonyl (C=O) groups is 1. The van der Waals surface area contributed by atoms with E-state index in [0.29, 0.717) is 17.1 Å². The Labute approximate surface area is 168 Å². The molecule has 1 heterocycles. The van der Waals surface area contributed by atoms with Gasteiger partial charge < -0.3 is 19.7 Å². The van der Waals surface area contributed by atoms with Gasteiger partial charge in [0.15, 0.2) is 5.95 Å². The number of amides is 1. The lowest BCUT2D eigenvalue weighted by Gasteiger charge is -2.10.